The quantitative estimate of drug-likeness (QED) is 0.744. The van der Waals surface area contributed by atoms with E-state index in [0.29, 0.717) is 0 Å². The Morgan fingerprint density at radius 2 is 2.07 bits per heavy atom. The van der Waals surface area contributed by atoms with Gasteiger partial charge in [-0.3, -0.25) is 4.90 Å². The van der Waals surface area contributed by atoms with Gasteiger partial charge >= 0.3 is 0 Å². The average Bonchev–Trinajstić information content (AvgIpc) is 2.25. The van der Waals surface area contributed by atoms with E-state index < -0.39 is 0 Å². The first-order chi connectivity index (χ1) is 7.27. The lowest BCUT2D eigenvalue weighted by Gasteiger charge is -2.27. The highest BCUT2D eigenvalue weighted by Gasteiger charge is 2.13. The van der Waals surface area contributed by atoms with Crippen LogP contribution >= 0.6 is 0 Å². The molecule has 0 radical (unpaired) electrons. The second kappa shape index (κ2) is 4.64. The van der Waals surface area contributed by atoms with Crippen molar-refractivity contribution in [2.45, 2.75) is 13.5 Å². The fourth-order valence-electron chi connectivity index (χ4n) is 1.92. The Bertz CT molecular complexity index is 312. The van der Waals surface area contributed by atoms with Gasteiger partial charge in [-0.15, -0.1) is 0 Å². The number of aryl methyl sites for hydroxylation is 1. The molecule has 2 N–H and O–H groups in total. The van der Waals surface area contributed by atoms with Crippen LogP contribution in [0.1, 0.15) is 11.1 Å². The van der Waals surface area contributed by atoms with E-state index >= 15 is 0 Å². The predicted octanol–water partition coefficient (Wildman–Crippen LogP) is 1.41. The van der Waals surface area contributed by atoms with E-state index in [0.717, 1.165) is 38.5 Å². The predicted molar refractivity (Wildman–Crippen MR) is 61.7 cm³/mol. The zero-order valence-electron chi connectivity index (χ0n) is 9.20. The number of ether oxygens (including phenoxy) is 1. The smallest absolute Gasteiger partial charge is 0.0594 e. The van der Waals surface area contributed by atoms with Crippen molar-refractivity contribution in [3.05, 3.63) is 29.3 Å². The summed E-state index contributed by atoms with van der Waals surface area (Å²) in [5.74, 6) is 0. The van der Waals surface area contributed by atoms with E-state index in [2.05, 4.69) is 17.9 Å². The molecule has 0 aliphatic carbocycles. The normalized spacial score (nSPS) is 17.9. The minimum absolute atomic E-state index is 0.839. The third-order valence-electron chi connectivity index (χ3n) is 2.93. The van der Waals surface area contributed by atoms with Crippen LogP contribution in [0.15, 0.2) is 18.2 Å². The maximum absolute atomic E-state index is 5.98. The van der Waals surface area contributed by atoms with Crippen LogP contribution in [-0.2, 0) is 11.3 Å². The van der Waals surface area contributed by atoms with Crippen LogP contribution in [0.2, 0.25) is 0 Å². The molecule has 1 aliphatic heterocycles. The third-order valence-corrected chi connectivity index (χ3v) is 2.93. The van der Waals surface area contributed by atoms with Crippen molar-refractivity contribution >= 4 is 5.69 Å². The molecule has 0 saturated carbocycles. The van der Waals surface area contributed by atoms with Crippen molar-refractivity contribution in [2.24, 2.45) is 0 Å². The summed E-state index contributed by atoms with van der Waals surface area (Å²) in [6.07, 6.45) is 0. The molecule has 1 heterocycles. The molecule has 15 heavy (non-hydrogen) atoms. The Balaban J connectivity index is 2.09. The standard InChI is InChI=1S/C12H18N2O/c1-10-3-2-4-12(13)11(10)9-14-5-7-15-8-6-14/h2-4H,5-9,13H2,1H3. The lowest BCUT2D eigenvalue weighted by Crippen LogP contribution is -2.36. The molecule has 2 rings (SSSR count). The molecule has 82 valence electrons. The van der Waals surface area contributed by atoms with Gasteiger partial charge in [0.2, 0.25) is 0 Å². The zero-order valence-corrected chi connectivity index (χ0v) is 9.20. The second-order valence-corrected chi connectivity index (χ2v) is 4.03. The number of benzene rings is 1. The molecule has 1 aliphatic rings. The fraction of sp³-hybridized carbons (Fsp3) is 0.500. The van der Waals surface area contributed by atoms with E-state index in [4.69, 9.17) is 10.5 Å². The van der Waals surface area contributed by atoms with Crippen molar-refractivity contribution in [3.8, 4) is 0 Å². The van der Waals surface area contributed by atoms with E-state index in [-0.39, 0.29) is 0 Å². The molecule has 0 unspecified atom stereocenters. The zero-order chi connectivity index (χ0) is 10.7. The topological polar surface area (TPSA) is 38.5 Å². The van der Waals surface area contributed by atoms with E-state index in [1.54, 1.807) is 0 Å². The summed E-state index contributed by atoms with van der Waals surface area (Å²) >= 11 is 0. The highest BCUT2D eigenvalue weighted by Crippen LogP contribution is 2.18. The Labute approximate surface area is 90.8 Å². The summed E-state index contributed by atoms with van der Waals surface area (Å²) in [4.78, 5) is 2.39. The van der Waals surface area contributed by atoms with Gasteiger partial charge in [-0.1, -0.05) is 12.1 Å². The van der Waals surface area contributed by atoms with Crippen molar-refractivity contribution in [1.29, 1.82) is 0 Å². The first kappa shape index (κ1) is 10.5. The van der Waals surface area contributed by atoms with E-state index in [1.807, 2.05) is 12.1 Å². The van der Waals surface area contributed by atoms with Gasteiger partial charge in [0.15, 0.2) is 0 Å². The molecule has 3 nitrogen and oxygen atoms in total. The van der Waals surface area contributed by atoms with Gasteiger partial charge in [0.05, 0.1) is 13.2 Å². The van der Waals surface area contributed by atoms with Crippen LogP contribution < -0.4 is 5.73 Å². The summed E-state index contributed by atoms with van der Waals surface area (Å²) < 4.78 is 5.32. The van der Waals surface area contributed by atoms with Gasteiger partial charge in [0.1, 0.15) is 0 Å². The number of hydrogen-bond donors (Lipinski definition) is 1. The molecule has 0 atom stereocenters. The van der Waals surface area contributed by atoms with Gasteiger partial charge in [-0.05, 0) is 24.1 Å². The average molecular weight is 206 g/mol. The Hall–Kier alpha value is -1.06. The van der Waals surface area contributed by atoms with E-state index in [9.17, 15) is 0 Å². The first-order valence-electron chi connectivity index (χ1n) is 5.41. The highest BCUT2D eigenvalue weighted by molar-refractivity contribution is 5.50. The summed E-state index contributed by atoms with van der Waals surface area (Å²) in [7, 11) is 0. The molecule has 3 heteroatoms. The van der Waals surface area contributed by atoms with Gasteiger partial charge in [0, 0.05) is 25.3 Å². The summed E-state index contributed by atoms with van der Waals surface area (Å²) in [6.45, 7) is 6.76. The molecule has 0 spiro atoms. The Kier molecular flexibility index (Phi) is 3.23. The second-order valence-electron chi connectivity index (χ2n) is 4.03. The van der Waals surface area contributed by atoms with Gasteiger partial charge < -0.3 is 10.5 Å². The van der Waals surface area contributed by atoms with Gasteiger partial charge in [0.25, 0.3) is 0 Å². The van der Waals surface area contributed by atoms with Crippen LogP contribution in [0.5, 0.6) is 0 Å². The number of nitrogen functional groups attached to an aromatic ring is 1. The number of rotatable bonds is 2. The summed E-state index contributed by atoms with van der Waals surface area (Å²) in [6, 6.07) is 6.10. The largest absolute Gasteiger partial charge is 0.398 e. The van der Waals surface area contributed by atoms with Crippen LogP contribution in [0.25, 0.3) is 0 Å². The number of hydrogen-bond acceptors (Lipinski definition) is 3. The van der Waals surface area contributed by atoms with Crippen molar-refractivity contribution in [3.63, 3.8) is 0 Å². The van der Waals surface area contributed by atoms with Gasteiger partial charge in [-0.2, -0.15) is 0 Å². The molecular formula is C12H18N2O. The number of nitrogens with zero attached hydrogens (tertiary/aromatic N) is 1. The summed E-state index contributed by atoms with van der Waals surface area (Å²) in [5, 5.41) is 0. The number of nitrogens with two attached hydrogens (primary N) is 1. The SMILES string of the molecule is Cc1cccc(N)c1CN1CCOCC1. The molecule has 1 fully saturated rings. The van der Waals surface area contributed by atoms with E-state index in [1.165, 1.54) is 11.1 Å². The monoisotopic (exact) mass is 206 g/mol. The molecule has 0 aromatic heterocycles. The molecule has 0 amide bonds. The maximum atomic E-state index is 5.98. The molecular weight excluding hydrogens is 188 g/mol. The van der Waals surface area contributed by atoms with Crippen LogP contribution in [0, 0.1) is 6.92 Å². The molecule has 1 aromatic carbocycles. The lowest BCUT2D eigenvalue weighted by atomic mass is 10.1. The van der Waals surface area contributed by atoms with Crippen LogP contribution in [0.3, 0.4) is 0 Å². The highest BCUT2D eigenvalue weighted by atomic mass is 16.5. The minimum Gasteiger partial charge on any atom is -0.398 e. The van der Waals surface area contributed by atoms with Crippen LogP contribution in [0.4, 0.5) is 5.69 Å². The fourth-order valence-corrected chi connectivity index (χ4v) is 1.92. The first-order valence-corrected chi connectivity index (χ1v) is 5.41. The van der Waals surface area contributed by atoms with Crippen molar-refractivity contribution < 1.29 is 4.74 Å². The Morgan fingerprint density at radius 1 is 1.33 bits per heavy atom. The number of anilines is 1. The summed E-state index contributed by atoms with van der Waals surface area (Å²) in [5.41, 5.74) is 9.43. The number of morpholine rings is 1. The third kappa shape index (κ3) is 2.49. The minimum atomic E-state index is 0.839. The molecule has 1 aromatic rings. The lowest BCUT2D eigenvalue weighted by molar-refractivity contribution is 0.0342. The maximum Gasteiger partial charge on any atom is 0.0594 e. The molecule has 1 saturated heterocycles. The van der Waals surface area contributed by atoms with Crippen molar-refractivity contribution in [2.75, 3.05) is 32.0 Å². The Morgan fingerprint density at radius 3 is 2.73 bits per heavy atom. The molecule has 0 bridgehead atoms. The van der Waals surface area contributed by atoms with Gasteiger partial charge in [-0.25, -0.2) is 0 Å². The van der Waals surface area contributed by atoms with Crippen molar-refractivity contribution in [1.82, 2.24) is 4.90 Å². The van der Waals surface area contributed by atoms with Crippen LogP contribution in [-0.4, -0.2) is 31.2 Å².